The Labute approximate surface area is 107 Å². The van der Waals surface area contributed by atoms with Gasteiger partial charge in [-0.05, 0) is 44.2 Å². The normalized spacial score (nSPS) is 30.9. The largest absolute Gasteiger partial charge is 0.298 e. The van der Waals surface area contributed by atoms with Crippen LogP contribution in [0.15, 0.2) is 18.2 Å². The topological polar surface area (TPSA) is 34.1 Å². The van der Waals surface area contributed by atoms with Gasteiger partial charge in [-0.2, -0.15) is 0 Å². The second kappa shape index (κ2) is 4.04. The summed E-state index contributed by atoms with van der Waals surface area (Å²) >= 11 is 0. The molecule has 3 rings (SSSR count). The van der Waals surface area contributed by atoms with Gasteiger partial charge < -0.3 is 0 Å². The van der Waals surface area contributed by atoms with Crippen LogP contribution in [0.1, 0.15) is 41.9 Å². The summed E-state index contributed by atoms with van der Waals surface area (Å²) in [6.45, 7) is 4.03. The van der Waals surface area contributed by atoms with Crippen LogP contribution < -0.4 is 0 Å². The zero-order chi connectivity index (χ0) is 12.9. The van der Waals surface area contributed by atoms with Gasteiger partial charge in [0.1, 0.15) is 5.92 Å². The Morgan fingerprint density at radius 2 is 1.61 bits per heavy atom. The van der Waals surface area contributed by atoms with Gasteiger partial charge in [0, 0.05) is 11.8 Å². The monoisotopic (exact) mass is 242 g/mol. The lowest BCUT2D eigenvalue weighted by Crippen LogP contribution is -2.35. The molecule has 2 fully saturated rings. The summed E-state index contributed by atoms with van der Waals surface area (Å²) in [6, 6.07) is 6.03. The number of carbonyl (C=O) groups is 2. The van der Waals surface area contributed by atoms with Crippen LogP contribution in [0.3, 0.4) is 0 Å². The summed E-state index contributed by atoms with van der Waals surface area (Å²) < 4.78 is 0. The molecule has 2 atom stereocenters. The van der Waals surface area contributed by atoms with Gasteiger partial charge in [0.2, 0.25) is 0 Å². The Bertz CT molecular complexity index is 508. The molecule has 2 aliphatic carbocycles. The number of Topliss-reactive ketones (excluding diaryl/α,β-unsaturated/α-hetero) is 2. The van der Waals surface area contributed by atoms with Crippen LogP contribution in [-0.4, -0.2) is 11.6 Å². The van der Waals surface area contributed by atoms with Crippen molar-refractivity contribution in [1.29, 1.82) is 0 Å². The van der Waals surface area contributed by atoms with E-state index < -0.39 is 5.92 Å². The van der Waals surface area contributed by atoms with Gasteiger partial charge in [-0.15, -0.1) is 0 Å². The number of fused-ring (bicyclic) bond motifs is 2. The van der Waals surface area contributed by atoms with Crippen LogP contribution in [-0.2, 0) is 9.59 Å². The van der Waals surface area contributed by atoms with Crippen molar-refractivity contribution in [3.8, 4) is 0 Å². The van der Waals surface area contributed by atoms with Crippen molar-refractivity contribution in [2.24, 2.45) is 11.8 Å². The van der Waals surface area contributed by atoms with E-state index in [1.807, 2.05) is 26.0 Å². The van der Waals surface area contributed by atoms with Crippen LogP contribution >= 0.6 is 0 Å². The third kappa shape index (κ3) is 1.63. The van der Waals surface area contributed by atoms with Crippen molar-refractivity contribution in [2.45, 2.75) is 39.0 Å². The molecule has 1 aromatic rings. The molecule has 2 heteroatoms. The number of benzene rings is 1. The number of ketones is 2. The predicted octanol–water partition coefficient (Wildman–Crippen LogP) is 2.96. The van der Waals surface area contributed by atoms with E-state index >= 15 is 0 Å². The highest BCUT2D eigenvalue weighted by Gasteiger charge is 2.47. The van der Waals surface area contributed by atoms with Gasteiger partial charge >= 0.3 is 0 Å². The van der Waals surface area contributed by atoms with E-state index in [9.17, 15) is 9.59 Å². The van der Waals surface area contributed by atoms with Crippen LogP contribution in [0, 0.1) is 25.7 Å². The van der Waals surface area contributed by atoms with Gasteiger partial charge in [0.25, 0.3) is 0 Å². The highest BCUT2D eigenvalue weighted by molar-refractivity contribution is 6.12. The summed E-state index contributed by atoms with van der Waals surface area (Å²) in [7, 11) is 0. The van der Waals surface area contributed by atoms with Crippen LogP contribution in [0.2, 0.25) is 0 Å². The first-order chi connectivity index (χ1) is 8.58. The first kappa shape index (κ1) is 11.6. The zero-order valence-electron chi connectivity index (χ0n) is 10.9. The molecular formula is C16H18O2. The molecule has 2 nitrogen and oxygen atoms in total. The summed E-state index contributed by atoms with van der Waals surface area (Å²) in [4.78, 5) is 24.8. The number of rotatable bonds is 1. The number of aryl methyl sites for hydroxylation is 2. The van der Waals surface area contributed by atoms with Crippen molar-refractivity contribution in [3.63, 3.8) is 0 Å². The van der Waals surface area contributed by atoms with Gasteiger partial charge in [-0.1, -0.05) is 23.8 Å². The molecule has 0 aromatic heterocycles. The Balaban J connectivity index is 2.05. The molecule has 2 unspecified atom stereocenters. The van der Waals surface area contributed by atoms with Gasteiger partial charge in [0.15, 0.2) is 11.6 Å². The lowest BCUT2D eigenvalue weighted by atomic mass is 9.74. The SMILES string of the molecule is Cc1ccc(C2C(=O)C3CCC(C3)C2=O)c(C)c1. The minimum absolute atomic E-state index is 0.137. The van der Waals surface area contributed by atoms with E-state index in [1.165, 1.54) is 5.56 Å². The standard InChI is InChI=1S/C16H18O2/c1-9-3-6-13(10(2)7-9)14-15(17)11-4-5-12(8-11)16(14)18/h3,6-7,11-12,14H,4-5,8H2,1-2H3. The lowest BCUT2D eigenvalue weighted by molar-refractivity contribution is -0.135. The number of hydrogen-bond acceptors (Lipinski definition) is 2. The van der Waals surface area contributed by atoms with E-state index in [4.69, 9.17) is 0 Å². The Kier molecular flexibility index (Phi) is 2.61. The van der Waals surface area contributed by atoms with E-state index in [1.54, 1.807) is 0 Å². The Morgan fingerprint density at radius 1 is 1.00 bits per heavy atom. The van der Waals surface area contributed by atoms with Crippen LogP contribution in [0.5, 0.6) is 0 Å². The molecule has 0 saturated heterocycles. The van der Waals surface area contributed by atoms with Crippen molar-refractivity contribution < 1.29 is 9.59 Å². The molecule has 0 spiro atoms. The quantitative estimate of drug-likeness (QED) is 0.709. The first-order valence-electron chi connectivity index (χ1n) is 6.72. The van der Waals surface area contributed by atoms with Gasteiger partial charge in [-0.3, -0.25) is 9.59 Å². The molecule has 1 aromatic carbocycles. The predicted molar refractivity (Wildman–Crippen MR) is 69.5 cm³/mol. The highest BCUT2D eigenvalue weighted by atomic mass is 16.2. The summed E-state index contributed by atoms with van der Waals surface area (Å²) in [5, 5.41) is 0. The molecule has 94 valence electrons. The lowest BCUT2D eigenvalue weighted by Gasteiger charge is -2.26. The molecule has 0 amide bonds. The minimum Gasteiger partial charge on any atom is -0.298 e. The molecule has 0 heterocycles. The second-order valence-corrected chi connectivity index (χ2v) is 5.80. The van der Waals surface area contributed by atoms with Gasteiger partial charge in [-0.25, -0.2) is 0 Å². The van der Waals surface area contributed by atoms with Crippen molar-refractivity contribution in [2.75, 3.05) is 0 Å². The summed E-state index contributed by atoms with van der Waals surface area (Å²) in [5.41, 5.74) is 3.19. The maximum atomic E-state index is 12.4. The highest BCUT2D eigenvalue weighted by Crippen LogP contribution is 2.44. The fourth-order valence-corrected chi connectivity index (χ4v) is 3.57. The fraction of sp³-hybridized carbons (Fsp3) is 0.500. The van der Waals surface area contributed by atoms with Crippen molar-refractivity contribution in [1.82, 2.24) is 0 Å². The molecular weight excluding hydrogens is 224 g/mol. The Morgan fingerprint density at radius 3 is 2.17 bits per heavy atom. The third-order valence-corrected chi connectivity index (χ3v) is 4.54. The van der Waals surface area contributed by atoms with E-state index in [-0.39, 0.29) is 23.4 Å². The maximum absolute atomic E-state index is 12.4. The second-order valence-electron chi connectivity index (χ2n) is 5.80. The smallest absolute Gasteiger partial charge is 0.150 e. The molecule has 2 saturated carbocycles. The summed E-state index contributed by atoms with van der Waals surface area (Å²) in [5.74, 6) is 0.134. The maximum Gasteiger partial charge on any atom is 0.150 e. The van der Waals surface area contributed by atoms with Crippen molar-refractivity contribution in [3.05, 3.63) is 34.9 Å². The van der Waals surface area contributed by atoms with Crippen molar-refractivity contribution >= 4 is 11.6 Å². The zero-order valence-corrected chi connectivity index (χ0v) is 10.9. The van der Waals surface area contributed by atoms with Gasteiger partial charge in [0.05, 0.1) is 0 Å². The number of hydrogen-bond donors (Lipinski definition) is 0. The average molecular weight is 242 g/mol. The van der Waals surface area contributed by atoms with E-state index in [0.717, 1.165) is 30.4 Å². The Hall–Kier alpha value is -1.44. The molecule has 18 heavy (non-hydrogen) atoms. The molecule has 2 aliphatic rings. The molecule has 0 N–H and O–H groups in total. The van der Waals surface area contributed by atoms with E-state index in [2.05, 4.69) is 6.07 Å². The third-order valence-electron chi connectivity index (χ3n) is 4.54. The van der Waals surface area contributed by atoms with Crippen LogP contribution in [0.25, 0.3) is 0 Å². The molecule has 0 radical (unpaired) electrons. The number of carbonyl (C=O) groups excluding carboxylic acids is 2. The minimum atomic E-state index is -0.475. The average Bonchev–Trinajstić information content (AvgIpc) is 2.76. The fourth-order valence-electron chi connectivity index (χ4n) is 3.57. The molecule has 0 aliphatic heterocycles. The first-order valence-corrected chi connectivity index (χ1v) is 6.72. The molecule has 2 bridgehead atoms. The van der Waals surface area contributed by atoms with E-state index in [0.29, 0.717) is 0 Å². The summed E-state index contributed by atoms with van der Waals surface area (Å²) in [6.07, 6.45) is 2.63. The van der Waals surface area contributed by atoms with Crippen LogP contribution in [0.4, 0.5) is 0 Å².